The minimum absolute atomic E-state index is 0.0309. The third-order valence-corrected chi connectivity index (χ3v) is 4.59. The molecule has 2 aromatic carbocycles. The van der Waals surface area contributed by atoms with E-state index in [1.54, 1.807) is 24.4 Å². The molecule has 0 spiro atoms. The molecule has 0 aliphatic rings. The van der Waals surface area contributed by atoms with Crippen molar-refractivity contribution in [3.63, 3.8) is 0 Å². The molecule has 0 aliphatic heterocycles. The molecule has 0 bridgehead atoms. The van der Waals surface area contributed by atoms with Crippen molar-refractivity contribution < 1.29 is 14.3 Å². The number of carbonyl (C=O) groups is 1. The Morgan fingerprint density at radius 3 is 2.37 bits per heavy atom. The molecule has 3 aromatic rings. The van der Waals surface area contributed by atoms with Gasteiger partial charge in [0.2, 0.25) is 0 Å². The van der Waals surface area contributed by atoms with E-state index in [1.807, 2.05) is 61.5 Å². The van der Waals surface area contributed by atoms with Crippen LogP contribution in [-0.2, 0) is 5.41 Å². The van der Waals surface area contributed by atoms with Crippen LogP contribution >= 0.6 is 0 Å². The van der Waals surface area contributed by atoms with Crippen LogP contribution in [0.25, 0.3) is 12.2 Å². The van der Waals surface area contributed by atoms with Crippen LogP contribution in [0.4, 0.5) is 0 Å². The molecule has 3 rings (SSSR count). The molecule has 4 nitrogen and oxygen atoms in total. The van der Waals surface area contributed by atoms with Gasteiger partial charge in [0.1, 0.15) is 0 Å². The molecule has 0 atom stereocenters. The number of aromatic nitrogens is 1. The van der Waals surface area contributed by atoms with E-state index < -0.39 is 5.97 Å². The molecule has 0 N–H and O–H groups in total. The van der Waals surface area contributed by atoms with Crippen LogP contribution in [0.5, 0.6) is 11.5 Å². The molecule has 0 aliphatic carbocycles. The van der Waals surface area contributed by atoms with E-state index in [9.17, 15) is 4.79 Å². The second-order valence-electron chi connectivity index (χ2n) is 7.94. The van der Waals surface area contributed by atoms with Crippen molar-refractivity contribution in [2.75, 3.05) is 6.61 Å². The molecular weight excluding hydrogens is 374 g/mol. The first-order valence-electron chi connectivity index (χ1n) is 10.1. The van der Waals surface area contributed by atoms with E-state index in [1.165, 1.54) is 0 Å². The zero-order valence-corrected chi connectivity index (χ0v) is 17.9. The first-order chi connectivity index (χ1) is 14.4. The van der Waals surface area contributed by atoms with Crippen molar-refractivity contribution in [3.8, 4) is 11.5 Å². The van der Waals surface area contributed by atoms with E-state index in [4.69, 9.17) is 9.47 Å². The van der Waals surface area contributed by atoms with Crippen molar-refractivity contribution in [2.24, 2.45) is 0 Å². The van der Waals surface area contributed by atoms with E-state index in [0.29, 0.717) is 23.7 Å². The predicted octanol–water partition coefficient (Wildman–Crippen LogP) is 6.17. The number of pyridine rings is 1. The second-order valence-corrected chi connectivity index (χ2v) is 7.94. The van der Waals surface area contributed by atoms with Crippen molar-refractivity contribution in [1.82, 2.24) is 4.98 Å². The van der Waals surface area contributed by atoms with Gasteiger partial charge in [-0.1, -0.05) is 51.1 Å². The number of nitrogens with zero attached hydrogens (tertiary/aromatic N) is 1. The zero-order chi connectivity index (χ0) is 21.6. The number of hydrogen-bond donors (Lipinski definition) is 0. The summed E-state index contributed by atoms with van der Waals surface area (Å²) in [6.07, 6.45) is 5.62. The summed E-state index contributed by atoms with van der Waals surface area (Å²) in [7, 11) is 0. The molecule has 1 aromatic heterocycles. The van der Waals surface area contributed by atoms with Crippen LogP contribution in [-0.4, -0.2) is 17.6 Å². The SMILES string of the molecule is CCOc1cc(/C=C/c2ccccn2)ccc1OC(=O)c1ccc(C(C)(C)C)cc1. The summed E-state index contributed by atoms with van der Waals surface area (Å²) in [5, 5.41) is 0. The van der Waals surface area contributed by atoms with Crippen LogP contribution in [0.3, 0.4) is 0 Å². The Bertz CT molecular complexity index is 1020. The summed E-state index contributed by atoms with van der Waals surface area (Å²) in [4.78, 5) is 16.9. The standard InChI is InChI=1S/C26H27NO3/c1-5-29-24-18-19(9-15-22-8-6-7-17-27-22)10-16-23(24)30-25(28)20-11-13-21(14-12-20)26(2,3)4/h6-18H,5H2,1-4H3/b15-9+. The lowest BCUT2D eigenvalue weighted by Crippen LogP contribution is -2.13. The van der Waals surface area contributed by atoms with Crippen LogP contribution in [0.1, 0.15) is 54.9 Å². The van der Waals surface area contributed by atoms with Crippen molar-refractivity contribution >= 4 is 18.1 Å². The molecule has 154 valence electrons. The first kappa shape index (κ1) is 21.3. The van der Waals surface area contributed by atoms with Crippen LogP contribution in [0, 0.1) is 0 Å². The molecule has 0 unspecified atom stereocenters. The number of ether oxygens (including phenoxy) is 2. The Kier molecular flexibility index (Phi) is 6.68. The second kappa shape index (κ2) is 9.40. The fraction of sp³-hybridized carbons (Fsp3) is 0.231. The molecule has 0 fully saturated rings. The monoisotopic (exact) mass is 401 g/mol. The maximum atomic E-state index is 12.6. The lowest BCUT2D eigenvalue weighted by Gasteiger charge is -2.19. The summed E-state index contributed by atoms with van der Waals surface area (Å²) in [6.45, 7) is 8.78. The average Bonchev–Trinajstić information content (AvgIpc) is 2.74. The molecule has 30 heavy (non-hydrogen) atoms. The zero-order valence-electron chi connectivity index (χ0n) is 17.9. The number of carbonyl (C=O) groups excluding carboxylic acids is 1. The highest BCUT2D eigenvalue weighted by Crippen LogP contribution is 2.30. The summed E-state index contributed by atoms with van der Waals surface area (Å²) >= 11 is 0. The number of benzene rings is 2. The van der Waals surface area contributed by atoms with Gasteiger partial charge in [-0.2, -0.15) is 0 Å². The van der Waals surface area contributed by atoms with Crippen LogP contribution in [0.2, 0.25) is 0 Å². The van der Waals surface area contributed by atoms with Crippen LogP contribution in [0.15, 0.2) is 66.9 Å². The molecule has 4 heteroatoms. The molecule has 1 heterocycles. The Labute approximate surface area is 178 Å². The fourth-order valence-corrected chi connectivity index (χ4v) is 2.90. The fourth-order valence-electron chi connectivity index (χ4n) is 2.90. The molecule has 0 saturated heterocycles. The topological polar surface area (TPSA) is 48.4 Å². The van der Waals surface area contributed by atoms with Gasteiger partial charge in [-0.15, -0.1) is 0 Å². The maximum Gasteiger partial charge on any atom is 0.343 e. The Morgan fingerprint density at radius 2 is 1.73 bits per heavy atom. The first-order valence-corrected chi connectivity index (χ1v) is 10.1. The summed E-state index contributed by atoms with van der Waals surface area (Å²) in [6, 6.07) is 18.8. The van der Waals surface area contributed by atoms with Gasteiger partial charge >= 0.3 is 5.97 Å². The number of hydrogen-bond acceptors (Lipinski definition) is 4. The lowest BCUT2D eigenvalue weighted by atomic mass is 9.87. The van der Waals surface area contributed by atoms with E-state index >= 15 is 0 Å². The van der Waals surface area contributed by atoms with Gasteiger partial charge < -0.3 is 9.47 Å². The highest BCUT2D eigenvalue weighted by molar-refractivity contribution is 5.91. The quantitative estimate of drug-likeness (QED) is 0.366. The van der Waals surface area contributed by atoms with Gasteiger partial charge in [-0.3, -0.25) is 4.98 Å². The normalized spacial score (nSPS) is 11.5. The van der Waals surface area contributed by atoms with Crippen molar-refractivity contribution in [1.29, 1.82) is 0 Å². The molecular formula is C26H27NO3. The summed E-state index contributed by atoms with van der Waals surface area (Å²) in [5.74, 6) is 0.519. The average molecular weight is 402 g/mol. The predicted molar refractivity (Wildman–Crippen MR) is 121 cm³/mol. The largest absolute Gasteiger partial charge is 0.490 e. The third kappa shape index (κ3) is 5.57. The summed E-state index contributed by atoms with van der Waals surface area (Å²) < 4.78 is 11.3. The van der Waals surface area contributed by atoms with Gasteiger partial charge in [0.15, 0.2) is 11.5 Å². The van der Waals surface area contributed by atoms with Gasteiger partial charge in [-0.25, -0.2) is 4.79 Å². The van der Waals surface area contributed by atoms with Crippen molar-refractivity contribution in [3.05, 3.63) is 89.2 Å². The maximum absolute atomic E-state index is 12.6. The molecule has 0 saturated carbocycles. The van der Waals surface area contributed by atoms with Gasteiger partial charge in [0.25, 0.3) is 0 Å². The van der Waals surface area contributed by atoms with Gasteiger partial charge in [0.05, 0.1) is 17.9 Å². The van der Waals surface area contributed by atoms with Crippen molar-refractivity contribution in [2.45, 2.75) is 33.1 Å². The lowest BCUT2D eigenvalue weighted by molar-refractivity contribution is 0.0728. The van der Waals surface area contributed by atoms with Gasteiger partial charge in [-0.05, 0) is 65.9 Å². The highest BCUT2D eigenvalue weighted by atomic mass is 16.6. The van der Waals surface area contributed by atoms with E-state index in [0.717, 1.165) is 16.8 Å². The Morgan fingerprint density at radius 1 is 0.967 bits per heavy atom. The highest BCUT2D eigenvalue weighted by Gasteiger charge is 2.16. The van der Waals surface area contributed by atoms with E-state index in [2.05, 4.69) is 25.8 Å². The molecule has 0 amide bonds. The number of esters is 1. The summed E-state index contributed by atoms with van der Waals surface area (Å²) in [5.41, 5.74) is 3.49. The smallest absolute Gasteiger partial charge is 0.343 e. The molecule has 0 radical (unpaired) electrons. The Balaban J connectivity index is 1.78. The minimum Gasteiger partial charge on any atom is -0.490 e. The van der Waals surface area contributed by atoms with Gasteiger partial charge in [0, 0.05) is 6.20 Å². The van der Waals surface area contributed by atoms with Crippen LogP contribution < -0.4 is 9.47 Å². The third-order valence-electron chi connectivity index (χ3n) is 4.59. The Hall–Kier alpha value is -3.40. The number of rotatable bonds is 6. The minimum atomic E-state index is -0.409. The van der Waals surface area contributed by atoms with E-state index in [-0.39, 0.29) is 5.41 Å².